The number of ether oxygens (including phenoxy) is 1. The monoisotopic (exact) mass is 305 g/mol. The largest absolute Gasteiger partial charge is 0.494 e. The molecule has 0 bridgehead atoms. The van der Waals surface area contributed by atoms with Gasteiger partial charge in [0.05, 0.1) is 6.61 Å². The molecule has 0 amide bonds. The molecule has 122 valence electrons. The quantitative estimate of drug-likeness (QED) is 0.685. The van der Waals surface area contributed by atoms with Crippen LogP contribution in [-0.2, 0) is 17.8 Å². The lowest BCUT2D eigenvalue weighted by molar-refractivity contribution is -0.139. The molecule has 1 unspecified atom stereocenters. The van der Waals surface area contributed by atoms with E-state index >= 15 is 0 Å². The SMILES string of the molecule is CCCCCCCCOc1ccc2c(c1)CNC(C(=O)O)C2. The fourth-order valence-corrected chi connectivity index (χ4v) is 2.83. The lowest BCUT2D eigenvalue weighted by atomic mass is 9.96. The number of hydrogen-bond acceptors (Lipinski definition) is 3. The molecule has 0 radical (unpaired) electrons. The molecule has 2 rings (SSSR count). The summed E-state index contributed by atoms with van der Waals surface area (Å²) in [5, 5.41) is 12.1. The summed E-state index contributed by atoms with van der Waals surface area (Å²) in [5.41, 5.74) is 2.26. The van der Waals surface area contributed by atoms with Crippen molar-refractivity contribution in [3.63, 3.8) is 0 Å². The maximum Gasteiger partial charge on any atom is 0.321 e. The molecule has 0 fully saturated rings. The van der Waals surface area contributed by atoms with Crippen molar-refractivity contribution in [2.75, 3.05) is 6.61 Å². The maximum absolute atomic E-state index is 11.0. The van der Waals surface area contributed by atoms with Crippen molar-refractivity contribution >= 4 is 5.97 Å². The number of carbonyl (C=O) groups is 1. The average molecular weight is 305 g/mol. The second-order valence-corrected chi connectivity index (χ2v) is 6.02. The standard InChI is InChI=1S/C18H27NO3/c1-2-3-4-5-6-7-10-22-16-9-8-14-12-17(18(20)21)19-13-15(14)11-16/h8-9,11,17,19H,2-7,10,12-13H2,1H3,(H,20,21). The molecule has 0 aliphatic carbocycles. The van der Waals surface area contributed by atoms with Crippen molar-refractivity contribution in [3.05, 3.63) is 29.3 Å². The zero-order chi connectivity index (χ0) is 15.8. The summed E-state index contributed by atoms with van der Waals surface area (Å²) in [6.45, 7) is 3.59. The van der Waals surface area contributed by atoms with E-state index < -0.39 is 12.0 Å². The van der Waals surface area contributed by atoms with Gasteiger partial charge in [0.2, 0.25) is 0 Å². The number of fused-ring (bicyclic) bond motifs is 1. The number of rotatable bonds is 9. The average Bonchev–Trinajstić information content (AvgIpc) is 2.53. The summed E-state index contributed by atoms with van der Waals surface area (Å²) < 4.78 is 5.81. The Kier molecular flexibility index (Phi) is 6.72. The molecule has 1 aromatic carbocycles. The van der Waals surface area contributed by atoms with Crippen LogP contribution in [0.5, 0.6) is 5.75 Å². The number of carboxylic acids is 1. The van der Waals surface area contributed by atoms with Gasteiger partial charge >= 0.3 is 5.97 Å². The minimum Gasteiger partial charge on any atom is -0.494 e. The third-order valence-corrected chi connectivity index (χ3v) is 4.21. The van der Waals surface area contributed by atoms with Gasteiger partial charge in [0, 0.05) is 6.54 Å². The normalized spacial score (nSPS) is 17.0. The molecular formula is C18H27NO3. The van der Waals surface area contributed by atoms with E-state index in [0.29, 0.717) is 13.0 Å². The first kappa shape index (κ1) is 16.8. The number of hydrogen-bond donors (Lipinski definition) is 2. The van der Waals surface area contributed by atoms with Crippen molar-refractivity contribution in [1.29, 1.82) is 0 Å². The highest BCUT2D eigenvalue weighted by Gasteiger charge is 2.23. The van der Waals surface area contributed by atoms with Gasteiger partial charge in [0.1, 0.15) is 11.8 Å². The zero-order valence-electron chi connectivity index (χ0n) is 13.4. The molecule has 1 aliphatic rings. The second-order valence-electron chi connectivity index (χ2n) is 6.02. The van der Waals surface area contributed by atoms with Gasteiger partial charge in [0.25, 0.3) is 0 Å². The molecule has 1 atom stereocenters. The molecule has 4 heteroatoms. The lowest BCUT2D eigenvalue weighted by Gasteiger charge is -2.23. The summed E-state index contributed by atoms with van der Waals surface area (Å²) in [6, 6.07) is 5.53. The molecule has 4 nitrogen and oxygen atoms in total. The maximum atomic E-state index is 11.0. The van der Waals surface area contributed by atoms with Gasteiger partial charge in [-0.2, -0.15) is 0 Å². The number of nitrogens with one attached hydrogen (secondary N) is 1. The van der Waals surface area contributed by atoms with Gasteiger partial charge < -0.3 is 15.2 Å². The van der Waals surface area contributed by atoms with E-state index in [4.69, 9.17) is 9.84 Å². The molecule has 0 aromatic heterocycles. The van der Waals surface area contributed by atoms with E-state index in [0.717, 1.165) is 29.9 Å². The first-order chi connectivity index (χ1) is 10.7. The molecule has 0 spiro atoms. The molecule has 1 aliphatic heterocycles. The van der Waals surface area contributed by atoms with E-state index in [1.54, 1.807) is 0 Å². The minimum atomic E-state index is -0.783. The minimum absolute atomic E-state index is 0.470. The Morgan fingerprint density at radius 2 is 2.00 bits per heavy atom. The molecule has 2 N–H and O–H groups in total. The van der Waals surface area contributed by atoms with E-state index in [9.17, 15) is 4.79 Å². The Bertz CT molecular complexity index is 487. The lowest BCUT2D eigenvalue weighted by Crippen LogP contribution is -2.41. The van der Waals surface area contributed by atoms with Crippen LogP contribution in [0.15, 0.2) is 18.2 Å². The van der Waals surface area contributed by atoms with E-state index in [-0.39, 0.29) is 0 Å². The molecular weight excluding hydrogens is 278 g/mol. The van der Waals surface area contributed by atoms with Gasteiger partial charge in [-0.05, 0) is 36.1 Å². The first-order valence-electron chi connectivity index (χ1n) is 8.41. The molecule has 0 saturated carbocycles. The highest BCUT2D eigenvalue weighted by atomic mass is 16.5. The van der Waals surface area contributed by atoms with Crippen LogP contribution in [0.4, 0.5) is 0 Å². The van der Waals surface area contributed by atoms with Gasteiger partial charge in [-0.15, -0.1) is 0 Å². The second kappa shape index (κ2) is 8.79. The van der Waals surface area contributed by atoms with Gasteiger partial charge in [0.15, 0.2) is 0 Å². The summed E-state index contributed by atoms with van der Waals surface area (Å²) in [4.78, 5) is 11.0. The fraction of sp³-hybridized carbons (Fsp3) is 0.611. The Labute approximate surface area is 132 Å². The van der Waals surface area contributed by atoms with Crippen molar-refractivity contribution in [2.45, 2.75) is 64.5 Å². The molecule has 1 heterocycles. The molecule has 0 saturated heterocycles. The van der Waals surface area contributed by atoms with Crippen LogP contribution in [0, 0.1) is 0 Å². The summed E-state index contributed by atoms with van der Waals surface area (Å²) in [5.74, 6) is 0.108. The predicted octanol–water partition coefficient (Wildman–Crippen LogP) is 3.52. The highest BCUT2D eigenvalue weighted by molar-refractivity contribution is 5.74. The third-order valence-electron chi connectivity index (χ3n) is 4.21. The molecule has 1 aromatic rings. The Morgan fingerprint density at radius 3 is 2.77 bits per heavy atom. The van der Waals surface area contributed by atoms with Crippen LogP contribution in [0.3, 0.4) is 0 Å². The van der Waals surface area contributed by atoms with Crippen molar-refractivity contribution in [1.82, 2.24) is 5.32 Å². The zero-order valence-corrected chi connectivity index (χ0v) is 13.4. The van der Waals surface area contributed by atoms with Crippen molar-refractivity contribution < 1.29 is 14.6 Å². The smallest absolute Gasteiger partial charge is 0.321 e. The van der Waals surface area contributed by atoms with Crippen LogP contribution in [-0.4, -0.2) is 23.7 Å². The first-order valence-corrected chi connectivity index (χ1v) is 8.41. The van der Waals surface area contributed by atoms with Gasteiger partial charge in [-0.1, -0.05) is 45.1 Å². The Morgan fingerprint density at radius 1 is 1.23 bits per heavy atom. The van der Waals surface area contributed by atoms with Crippen LogP contribution in [0.2, 0.25) is 0 Å². The van der Waals surface area contributed by atoms with E-state index in [1.165, 1.54) is 32.1 Å². The van der Waals surface area contributed by atoms with E-state index in [1.807, 2.05) is 18.2 Å². The van der Waals surface area contributed by atoms with Crippen LogP contribution in [0.1, 0.15) is 56.6 Å². The molecule has 22 heavy (non-hydrogen) atoms. The van der Waals surface area contributed by atoms with Crippen LogP contribution in [0.25, 0.3) is 0 Å². The highest BCUT2D eigenvalue weighted by Crippen LogP contribution is 2.23. The van der Waals surface area contributed by atoms with E-state index in [2.05, 4.69) is 12.2 Å². The summed E-state index contributed by atoms with van der Waals surface area (Å²) >= 11 is 0. The number of benzene rings is 1. The third kappa shape index (κ3) is 5.02. The number of unbranched alkanes of at least 4 members (excludes halogenated alkanes) is 5. The summed E-state index contributed by atoms with van der Waals surface area (Å²) in [6.07, 6.45) is 8.10. The fourth-order valence-electron chi connectivity index (χ4n) is 2.83. The van der Waals surface area contributed by atoms with Crippen molar-refractivity contribution in [2.24, 2.45) is 0 Å². The number of carboxylic acid groups (broad SMARTS) is 1. The van der Waals surface area contributed by atoms with Gasteiger partial charge in [-0.25, -0.2) is 0 Å². The summed E-state index contributed by atoms with van der Waals surface area (Å²) in [7, 11) is 0. The van der Waals surface area contributed by atoms with Crippen LogP contribution >= 0.6 is 0 Å². The number of aliphatic carboxylic acids is 1. The van der Waals surface area contributed by atoms with Crippen molar-refractivity contribution in [3.8, 4) is 5.75 Å². The topological polar surface area (TPSA) is 58.6 Å². The predicted molar refractivity (Wildman–Crippen MR) is 87.3 cm³/mol. The van der Waals surface area contributed by atoms with Gasteiger partial charge in [-0.3, -0.25) is 4.79 Å². The Hall–Kier alpha value is -1.55. The van der Waals surface area contributed by atoms with Crippen LogP contribution < -0.4 is 10.1 Å². The Balaban J connectivity index is 1.74.